The van der Waals surface area contributed by atoms with Crippen molar-refractivity contribution in [2.24, 2.45) is 0 Å². The summed E-state index contributed by atoms with van der Waals surface area (Å²) in [6.07, 6.45) is -5.41. The van der Waals surface area contributed by atoms with Crippen molar-refractivity contribution in [1.29, 1.82) is 0 Å². The maximum atomic E-state index is 13.1. The molecule has 0 bridgehead atoms. The van der Waals surface area contributed by atoms with Crippen LogP contribution in [0.5, 0.6) is 5.75 Å². The van der Waals surface area contributed by atoms with E-state index in [4.69, 9.17) is 32.8 Å². The highest BCUT2D eigenvalue weighted by Crippen LogP contribution is 2.32. The SMILES string of the molecule is CC(=O)OC[C@@H]1O[C@H](Oc2ccc3c(=O)c(-c4nc(C)cs4)coc3c2)[C@@H](OC(C)=O)[C@H](OC(C)=O)[C@H]1OC(C)=O. The minimum Gasteiger partial charge on any atom is -0.463 e. The van der Waals surface area contributed by atoms with Crippen LogP contribution in [0.2, 0.25) is 0 Å². The molecule has 3 heterocycles. The van der Waals surface area contributed by atoms with Crippen LogP contribution in [0.25, 0.3) is 21.5 Å². The number of hydrogen-bond acceptors (Lipinski definition) is 14. The summed E-state index contributed by atoms with van der Waals surface area (Å²) in [5.41, 5.74) is 0.983. The molecule has 13 nitrogen and oxygen atoms in total. The van der Waals surface area contributed by atoms with Gasteiger partial charge in [-0.3, -0.25) is 24.0 Å². The third-order valence-corrected chi connectivity index (χ3v) is 6.79. The number of aromatic nitrogens is 1. The lowest BCUT2D eigenvalue weighted by Gasteiger charge is -2.43. The van der Waals surface area contributed by atoms with Crippen molar-refractivity contribution >= 4 is 46.2 Å². The van der Waals surface area contributed by atoms with Gasteiger partial charge in [0.2, 0.25) is 17.8 Å². The number of thiazole rings is 1. The highest BCUT2D eigenvalue weighted by atomic mass is 32.1. The molecule has 1 fully saturated rings. The molecule has 3 aromatic rings. The Morgan fingerprint density at radius 2 is 1.59 bits per heavy atom. The summed E-state index contributed by atoms with van der Waals surface area (Å²) < 4.78 is 38.9. The van der Waals surface area contributed by atoms with E-state index in [1.807, 2.05) is 12.3 Å². The molecule has 0 unspecified atom stereocenters. The normalized spacial score (nSPS) is 22.0. The quantitative estimate of drug-likeness (QED) is 0.278. The van der Waals surface area contributed by atoms with Gasteiger partial charge in [0.25, 0.3) is 0 Å². The van der Waals surface area contributed by atoms with Crippen molar-refractivity contribution in [3.8, 4) is 16.3 Å². The van der Waals surface area contributed by atoms with E-state index in [1.165, 1.54) is 42.7 Å². The first kappa shape index (κ1) is 29.7. The molecule has 0 amide bonds. The molecule has 1 saturated heterocycles. The predicted octanol–water partition coefficient (Wildman–Crippen LogP) is 2.69. The Hall–Kier alpha value is -4.30. The lowest BCUT2D eigenvalue weighted by atomic mass is 9.98. The molecule has 0 radical (unpaired) electrons. The number of carbonyl (C=O) groups excluding carboxylic acids is 4. The van der Waals surface area contributed by atoms with Crippen LogP contribution in [0.15, 0.2) is 39.1 Å². The molecule has 1 aliphatic heterocycles. The second kappa shape index (κ2) is 12.5. The molecule has 0 aliphatic carbocycles. The van der Waals surface area contributed by atoms with Crippen molar-refractivity contribution in [1.82, 2.24) is 4.98 Å². The van der Waals surface area contributed by atoms with Gasteiger partial charge in [0, 0.05) is 44.8 Å². The Kier molecular flexibility index (Phi) is 9.03. The topological polar surface area (TPSA) is 167 Å². The molecular formula is C27H27NO12S. The molecule has 1 aliphatic rings. The van der Waals surface area contributed by atoms with Gasteiger partial charge in [-0.15, -0.1) is 11.3 Å². The van der Waals surface area contributed by atoms with Crippen LogP contribution in [0, 0.1) is 6.92 Å². The lowest BCUT2D eigenvalue weighted by molar-refractivity contribution is -0.288. The van der Waals surface area contributed by atoms with Crippen molar-refractivity contribution in [2.45, 2.75) is 65.3 Å². The summed E-state index contributed by atoms with van der Waals surface area (Å²) in [4.78, 5) is 64.9. The molecule has 4 rings (SSSR count). The third kappa shape index (κ3) is 7.08. The van der Waals surface area contributed by atoms with Gasteiger partial charge < -0.3 is 32.8 Å². The zero-order chi connectivity index (χ0) is 29.8. The van der Waals surface area contributed by atoms with Crippen LogP contribution in [0.3, 0.4) is 0 Å². The van der Waals surface area contributed by atoms with Gasteiger partial charge in [0.15, 0.2) is 12.2 Å². The maximum absolute atomic E-state index is 13.1. The number of ether oxygens (including phenoxy) is 6. The van der Waals surface area contributed by atoms with Gasteiger partial charge in [-0.05, 0) is 19.1 Å². The molecule has 2 aromatic heterocycles. The van der Waals surface area contributed by atoms with E-state index in [0.717, 1.165) is 26.5 Å². The summed E-state index contributed by atoms with van der Waals surface area (Å²) >= 11 is 1.32. The first-order chi connectivity index (χ1) is 19.4. The van der Waals surface area contributed by atoms with E-state index in [9.17, 15) is 24.0 Å². The molecule has 5 atom stereocenters. The molecule has 0 N–H and O–H groups in total. The first-order valence-electron chi connectivity index (χ1n) is 12.4. The van der Waals surface area contributed by atoms with E-state index in [2.05, 4.69) is 4.98 Å². The number of hydrogen-bond donors (Lipinski definition) is 0. The third-order valence-electron chi connectivity index (χ3n) is 5.80. The fourth-order valence-corrected chi connectivity index (χ4v) is 5.02. The minimum atomic E-state index is -1.43. The number of fused-ring (bicyclic) bond motifs is 1. The van der Waals surface area contributed by atoms with Gasteiger partial charge in [-0.1, -0.05) is 0 Å². The Bertz CT molecular complexity index is 1530. The van der Waals surface area contributed by atoms with E-state index >= 15 is 0 Å². The fraction of sp³-hybridized carbons (Fsp3) is 0.407. The van der Waals surface area contributed by atoms with Crippen LogP contribution in [0.1, 0.15) is 33.4 Å². The Morgan fingerprint density at radius 3 is 2.20 bits per heavy atom. The molecule has 1 aromatic carbocycles. The number of aryl methyl sites for hydroxylation is 1. The highest BCUT2D eigenvalue weighted by molar-refractivity contribution is 7.13. The predicted molar refractivity (Wildman–Crippen MR) is 141 cm³/mol. The molecule has 0 spiro atoms. The van der Waals surface area contributed by atoms with Crippen LogP contribution < -0.4 is 10.2 Å². The fourth-order valence-electron chi connectivity index (χ4n) is 4.22. The van der Waals surface area contributed by atoms with Crippen LogP contribution in [-0.2, 0) is 42.9 Å². The number of nitrogens with zero attached hydrogens (tertiary/aromatic N) is 1. The maximum Gasteiger partial charge on any atom is 0.303 e. The van der Waals surface area contributed by atoms with Crippen molar-refractivity contribution in [3.63, 3.8) is 0 Å². The average molecular weight is 590 g/mol. The number of carbonyl (C=O) groups is 4. The van der Waals surface area contributed by atoms with E-state index < -0.39 is 61.2 Å². The monoisotopic (exact) mass is 589 g/mol. The first-order valence-corrected chi connectivity index (χ1v) is 13.3. The second-order valence-electron chi connectivity index (χ2n) is 9.12. The molecular weight excluding hydrogens is 562 g/mol. The van der Waals surface area contributed by atoms with Crippen LogP contribution in [0.4, 0.5) is 0 Å². The molecule has 41 heavy (non-hydrogen) atoms. The van der Waals surface area contributed by atoms with Crippen molar-refractivity contribution in [2.75, 3.05) is 6.61 Å². The minimum absolute atomic E-state index is 0.138. The zero-order valence-electron chi connectivity index (χ0n) is 22.7. The van der Waals surface area contributed by atoms with Crippen LogP contribution in [-0.4, -0.2) is 66.2 Å². The molecule has 0 saturated carbocycles. The van der Waals surface area contributed by atoms with E-state index in [0.29, 0.717) is 10.6 Å². The Labute approximate surface area is 237 Å². The van der Waals surface area contributed by atoms with Gasteiger partial charge in [0.1, 0.15) is 35.3 Å². The Balaban J connectivity index is 1.70. The van der Waals surface area contributed by atoms with Gasteiger partial charge in [0.05, 0.1) is 10.9 Å². The van der Waals surface area contributed by atoms with E-state index in [-0.39, 0.29) is 22.1 Å². The summed E-state index contributed by atoms with van der Waals surface area (Å²) in [5, 5.41) is 2.61. The van der Waals surface area contributed by atoms with Gasteiger partial charge in [-0.2, -0.15) is 0 Å². The van der Waals surface area contributed by atoms with Crippen molar-refractivity contribution < 1.29 is 52.0 Å². The van der Waals surface area contributed by atoms with Gasteiger partial charge >= 0.3 is 23.9 Å². The largest absolute Gasteiger partial charge is 0.463 e. The highest BCUT2D eigenvalue weighted by Gasteiger charge is 2.53. The van der Waals surface area contributed by atoms with E-state index in [1.54, 1.807) is 0 Å². The standard InChI is InChI=1S/C27H27NO12S/c1-12-11-41-26(28-12)19-9-35-20-8-17(6-7-18(20)22(19)33)39-27-25(38-16(5)32)24(37-15(4)31)23(36-14(3)30)21(40-27)10-34-13(2)29/h6-9,11,21,23-25,27H,10H2,1-5H3/t21-,23-,24+,25-,27-/m0/s1. The Morgan fingerprint density at radius 1 is 0.927 bits per heavy atom. The average Bonchev–Trinajstić information content (AvgIpc) is 3.31. The number of esters is 4. The summed E-state index contributed by atoms with van der Waals surface area (Å²) in [7, 11) is 0. The molecule has 14 heteroatoms. The summed E-state index contributed by atoms with van der Waals surface area (Å²) in [5.74, 6) is -2.79. The second-order valence-corrected chi connectivity index (χ2v) is 9.97. The lowest BCUT2D eigenvalue weighted by Crippen LogP contribution is -2.63. The zero-order valence-corrected chi connectivity index (χ0v) is 23.6. The van der Waals surface area contributed by atoms with Crippen molar-refractivity contribution in [3.05, 3.63) is 45.8 Å². The summed E-state index contributed by atoms with van der Waals surface area (Å²) in [6.45, 7) is 5.96. The summed E-state index contributed by atoms with van der Waals surface area (Å²) in [6, 6.07) is 4.40. The molecule has 218 valence electrons. The smallest absolute Gasteiger partial charge is 0.303 e. The number of benzene rings is 1. The van der Waals surface area contributed by atoms with Crippen LogP contribution >= 0.6 is 11.3 Å². The number of rotatable bonds is 8. The van der Waals surface area contributed by atoms with Gasteiger partial charge in [-0.25, -0.2) is 4.98 Å².